The summed E-state index contributed by atoms with van der Waals surface area (Å²) < 4.78 is 13.2. The maximum absolute atomic E-state index is 13.2. The van der Waals surface area contributed by atoms with Crippen LogP contribution >= 0.6 is 0 Å². The summed E-state index contributed by atoms with van der Waals surface area (Å²) in [5.41, 5.74) is 1.05. The lowest BCUT2D eigenvalue weighted by Gasteiger charge is -2.13. The summed E-state index contributed by atoms with van der Waals surface area (Å²) in [4.78, 5) is 14.6. The van der Waals surface area contributed by atoms with Crippen LogP contribution in [0.2, 0.25) is 0 Å². The van der Waals surface area contributed by atoms with Gasteiger partial charge in [-0.25, -0.2) is 4.39 Å². The molecule has 1 aromatic carbocycles. The van der Waals surface area contributed by atoms with E-state index in [9.17, 15) is 14.5 Å². The largest absolute Gasteiger partial charge is 0.304 e. The zero-order valence-electron chi connectivity index (χ0n) is 10.9. The highest BCUT2D eigenvalue weighted by Gasteiger charge is 2.15. The second-order valence-corrected chi connectivity index (χ2v) is 4.39. The van der Waals surface area contributed by atoms with Gasteiger partial charge in [-0.1, -0.05) is 6.07 Å². The lowest BCUT2D eigenvalue weighted by atomic mass is 10.1. The third kappa shape index (κ3) is 3.36. The molecular weight excluding hydrogens is 261 g/mol. The van der Waals surface area contributed by atoms with E-state index in [2.05, 4.69) is 10.3 Å². The Morgan fingerprint density at radius 1 is 1.40 bits per heavy atom. The van der Waals surface area contributed by atoms with Crippen molar-refractivity contribution >= 4 is 5.69 Å². The van der Waals surface area contributed by atoms with Crippen LogP contribution in [0.3, 0.4) is 0 Å². The molecule has 0 unspecified atom stereocenters. The number of benzene rings is 1. The summed E-state index contributed by atoms with van der Waals surface area (Å²) in [5, 5.41) is 14.0. The van der Waals surface area contributed by atoms with E-state index in [1.807, 2.05) is 25.1 Å². The molecule has 104 valence electrons. The Morgan fingerprint density at radius 3 is 2.85 bits per heavy atom. The molecule has 0 saturated heterocycles. The van der Waals surface area contributed by atoms with Crippen molar-refractivity contribution in [1.29, 1.82) is 0 Å². The van der Waals surface area contributed by atoms with Gasteiger partial charge in [-0.3, -0.25) is 15.1 Å². The van der Waals surface area contributed by atoms with Crippen molar-refractivity contribution < 1.29 is 9.31 Å². The van der Waals surface area contributed by atoms with Crippen molar-refractivity contribution in [2.75, 3.05) is 0 Å². The fourth-order valence-corrected chi connectivity index (χ4v) is 1.87. The minimum Gasteiger partial charge on any atom is -0.304 e. The summed E-state index contributed by atoms with van der Waals surface area (Å²) in [7, 11) is 0. The maximum Gasteiger partial charge on any atom is 0.274 e. The molecule has 2 rings (SSSR count). The Kier molecular flexibility index (Phi) is 4.37. The number of nitrogens with zero attached hydrogens (tertiary/aromatic N) is 2. The zero-order valence-corrected chi connectivity index (χ0v) is 10.9. The number of nitrogens with one attached hydrogen (secondary N) is 1. The van der Waals surface area contributed by atoms with E-state index in [0.717, 1.165) is 11.8 Å². The van der Waals surface area contributed by atoms with E-state index in [1.165, 1.54) is 12.1 Å². The average molecular weight is 275 g/mol. The predicted molar refractivity (Wildman–Crippen MR) is 72.5 cm³/mol. The molecule has 0 radical (unpaired) electrons. The minimum atomic E-state index is -0.512. The number of aromatic nitrogens is 1. The van der Waals surface area contributed by atoms with Gasteiger partial charge in [0, 0.05) is 30.4 Å². The molecule has 0 bridgehead atoms. The van der Waals surface area contributed by atoms with Gasteiger partial charge in [0.05, 0.1) is 10.6 Å². The summed E-state index contributed by atoms with van der Waals surface area (Å²) >= 11 is 0. The standard InChI is InChI=1S/C14H14FN3O2/c1-10(13-4-2-3-7-16-13)17-9-11-8-12(15)5-6-14(11)18(19)20/h2-8,10,17H,9H2,1H3/t10-/m0/s1. The Labute approximate surface area is 115 Å². The molecule has 6 heteroatoms. The normalized spacial score (nSPS) is 12.1. The van der Waals surface area contributed by atoms with E-state index in [1.54, 1.807) is 6.20 Å². The predicted octanol–water partition coefficient (Wildman–Crippen LogP) is 2.98. The third-order valence-corrected chi connectivity index (χ3v) is 2.97. The lowest BCUT2D eigenvalue weighted by molar-refractivity contribution is -0.385. The van der Waals surface area contributed by atoms with Crippen molar-refractivity contribution in [1.82, 2.24) is 10.3 Å². The zero-order chi connectivity index (χ0) is 14.5. The van der Waals surface area contributed by atoms with E-state index >= 15 is 0 Å². The van der Waals surface area contributed by atoms with Crippen molar-refractivity contribution in [2.45, 2.75) is 19.5 Å². The molecule has 5 nitrogen and oxygen atoms in total. The lowest BCUT2D eigenvalue weighted by Crippen LogP contribution is -2.19. The second kappa shape index (κ2) is 6.21. The number of nitro groups is 1. The average Bonchev–Trinajstić information content (AvgIpc) is 2.45. The van der Waals surface area contributed by atoms with Gasteiger partial charge in [-0.05, 0) is 31.2 Å². The van der Waals surface area contributed by atoms with Gasteiger partial charge in [0.2, 0.25) is 0 Å². The Bertz CT molecular complexity index is 605. The van der Waals surface area contributed by atoms with Crippen molar-refractivity contribution in [3.8, 4) is 0 Å². The van der Waals surface area contributed by atoms with Crippen molar-refractivity contribution in [3.05, 3.63) is 69.8 Å². The molecule has 1 aromatic heterocycles. The molecular formula is C14H14FN3O2. The minimum absolute atomic E-state index is 0.0842. The van der Waals surface area contributed by atoms with Crippen LogP contribution in [-0.2, 0) is 6.54 Å². The van der Waals surface area contributed by atoms with Crippen LogP contribution in [0.4, 0.5) is 10.1 Å². The number of hydrogen-bond donors (Lipinski definition) is 1. The first-order valence-electron chi connectivity index (χ1n) is 6.15. The number of rotatable bonds is 5. The van der Waals surface area contributed by atoms with Gasteiger partial charge < -0.3 is 5.32 Å². The smallest absolute Gasteiger partial charge is 0.274 e. The first-order valence-corrected chi connectivity index (χ1v) is 6.15. The van der Waals surface area contributed by atoms with Crippen LogP contribution in [-0.4, -0.2) is 9.91 Å². The van der Waals surface area contributed by atoms with Crippen LogP contribution in [0.5, 0.6) is 0 Å². The summed E-state index contributed by atoms with van der Waals surface area (Å²) in [6, 6.07) is 8.90. The highest BCUT2D eigenvalue weighted by atomic mass is 19.1. The van der Waals surface area contributed by atoms with Crippen LogP contribution < -0.4 is 5.32 Å². The molecule has 1 heterocycles. The summed E-state index contributed by atoms with van der Waals surface area (Å²) in [5.74, 6) is -0.488. The van der Waals surface area contributed by atoms with Gasteiger partial charge in [0.1, 0.15) is 5.82 Å². The van der Waals surface area contributed by atoms with Crippen molar-refractivity contribution in [3.63, 3.8) is 0 Å². The summed E-state index contributed by atoms with van der Waals surface area (Å²) in [6.07, 6.45) is 1.68. The highest BCUT2D eigenvalue weighted by molar-refractivity contribution is 5.40. The molecule has 0 fully saturated rings. The van der Waals surface area contributed by atoms with Crippen LogP contribution in [0.1, 0.15) is 24.2 Å². The third-order valence-electron chi connectivity index (χ3n) is 2.97. The highest BCUT2D eigenvalue weighted by Crippen LogP contribution is 2.20. The Morgan fingerprint density at radius 2 is 2.20 bits per heavy atom. The molecule has 0 aliphatic rings. The van der Waals surface area contributed by atoms with E-state index < -0.39 is 10.7 Å². The Balaban J connectivity index is 2.11. The first kappa shape index (κ1) is 14.1. The molecule has 2 aromatic rings. The molecule has 0 spiro atoms. The fraction of sp³-hybridized carbons (Fsp3) is 0.214. The molecule has 0 saturated carbocycles. The quantitative estimate of drug-likeness (QED) is 0.672. The molecule has 1 atom stereocenters. The van der Waals surface area contributed by atoms with E-state index in [-0.39, 0.29) is 18.3 Å². The van der Waals surface area contributed by atoms with Crippen LogP contribution in [0.15, 0.2) is 42.6 Å². The molecule has 20 heavy (non-hydrogen) atoms. The second-order valence-electron chi connectivity index (χ2n) is 4.39. The Hall–Kier alpha value is -2.34. The fourth-order valence-electron chi connectivity index (χ4n) is 1.87. The molecule has 1 N–H and O–H groups in total. The maximum atomic E-state index is 13.2. The molecule has 0 aliphatic heterocycles. The number of hydrogen-bond acceptors (Lipinski definition) is 4. The van der Waals surface area contributed by atoms with Crippen LogP contribution in [0.25, 0.3) is 0 Å². The summed E-state index contributed by atoms with van der Waals surface area (Å²) in [6.45, 7) is 2.10. The topological polar surface area (TPSA) is 68.1 Å². The monoisotopic (exact) mass is 275 g/mol. The van der Waals surface area contributed by atoms with E-state index in [4.69, 9.17) is 0 Å². The first-order chi connectivity index (χ1) is 9.58. The molecule has 0 aliphatic carbocycles. The van der Waals surface area contributed by atoms with Crippen LogP contribution in [0, 0.1) is 15.9 Å². The van der Waals surface area contributed by atoms with Gasteiger partial charge in [0.15, 0.2) is 0 Å². The number of halogens is 1. The van der Waals surface area contributed by atoms with Gasteiger partial charge in [0.25, 0.3) is 5.69 Å². The number of nitro benzene ring substituents is 1. The SMILES string of the molecule is C[C@H](NCc1cc(F)ccc1[N+](=O)[O-])c1ccccn1. The van der Waals surface area contributed by atoms with Gasteiger partial charge in [-0.15, -0.1) is 0 Å². The van der Waals surface area contributed by atoms with Crippen molar-refractivity contribution in [2.24, 2.45) is 0 Å². The number of pyridine rings is 1. The van der Waals surface area contributed by atoms with Gasteiger partial charge >= 0.3 is 0 Å². The van der Waals surface area contributed by atoms with E-state index in [0.29, 0.717) is 5.56 Å². The van der Waals surface area contributed by atoms with Gasteiger partial charge in [-0.2, -0.15) is 0 Å². The molecule has 0 amide bonds.